The van der Waals surface area contributed by atoms with Crippen LogP contribution in [0.1, 0.15) is 24.2 Å². The molecule has 0 bridgehead atoms. The Hall–Kier alpha value is -2.12. The van der Waals surface area contributed by atoms with Crippen molar-refractivity contribution in [2.45, 2.75) is 43.3 Å². The van der Waals surface area contributed by atoms with E-state index in [2.05, 4.69) is 14.8 Å². The predicted octanol–water partition coefficient (Wildman–Crippen LogP) is 4.46. The number of rotatable bonds is 6. The Morgan fingerprint density at radius 2 is 2.08 bits per heavy atom. The highest BCUT2D eigenvalue weighted by molar-refractivity contribution is 7.98. The molecule has 1 saturated heterocycles. The number of nitrogens with zero attached hydrogens (tertiary/aromatic N) is 3. The van der Waals surface area contributed by atoms with Gasteiger partial charge in [0.15, 0.2) is 11.0 Å². The number of thioether (sulfide) groups is 1. The monoisotopic (exact) mass is 373 g/mol. The summed E-state index contributed by atoms with van der Waals surface area (Å²) in [5, 5.41) is 9.63. The van der Waals surface area contributed by atoms with Crippen LogP contribution in [0.25, 0.3) is 11.4 Å². The van der Waals surface area contributed by atoms with Gasteiger partial charge < -0.3 is 9.15 Å². The highest BCUT2D eigenvalue weighted by Crippen LogP contribution is 2.30. The number of hydrogen-bond acceptors (Lipinski definition) is 5. The van der Waals surface area contributed by atoms with Crippen LogP contribution >= 0.6 is 11.8 Å². The first-order chi connectivity index (χ1) is 12.7. The lowest BCUT2D eigenvalue weighted by Crippen LogP contribution is -2.16. The van der Waals surface area contributed by atoms with E-state index in [4.69, 9.17) is 9.15 Å². The van der Waals surface area contributed by atoms with Gasteiger partial charge in [0.25, 0.3) is 0 Å². The Bertz CT molecular complexity index is 869. The number of aromatic nitrogens is 3. The molecule has 1 aromatic carbocycles. The van der Waals surface area contributed by atoms with E-state index >= 15 is 0 Å². The molecule has 0 amide bonds. The molecule has 136 valence electrons. The first kappa shape index (κ1) is 17.3. The number of aryl methyl sites for hydroxylation is 1. The molecule has 1 fully saturated rings. The zero-order valence-corrected chi connectivity index (χ0v) is 15.3. The Morgan fingerprint density at radius 3 is 2.77 bits per heavy atom. The van der Waals surface area contributed by atoms with Crippen LogP contribution < -0.4 is 0 Å². The predicted molar refractivity (Wildman–Crippen MR) is 97.4 cm³/mol. The van der Waals surface area contributed by atoms with E-state index in [9.17, 15) is 4.39 Å². The van der Waals surface area contributed by atoms with Crippen LogP contribution in [0.3, 0.4) is 0 Å². The van der Waals surface area contributed by atoms with Gasteiger partial charge in [0.05, 0.1) is 24.5 Å². The molecule has 1 aliphatic rings. The molecule has 2 aromatic heterocycles. The maximum Gasteiger partial charge on any atom is 0.191 e. The van der Waals surface area contributed by atoms with Gasteiger partial charge in [0, 0.05) is 12.4 Å². The number of furan rings is 1. The molecule has 3 heterocycles. The molecule has 1 unspecified atom stereocenters. The van der Waals surface area contributed by atoms with Crippen molar-refractivity contribution >= 4 is 11.8 Å². The van der Waals surface area contributed by atoms with Crippen LogP contribution in [-0.2, 0) is 17.0 Å². The Balaban J connectivity index is 1.59. The lowest BCUT2D eigenvalue weighted by molar-refractivity contribution is 0.0953. The van der Waals surface area contributed by atoms with Gasteiger partial charge >= 0.3 is 0 Å². The second-order valence-corrected chi connectivity index (χ2v) is 7.30. The Labute approximate surface area is 155 Å². The minimum Gasteiger partial charge on any atom is -0.469 e. The van der Waals surface area contributed by atoms with E-state index < -0.39 is 0 Å². The summed E-state index contributed by atoms with van der Waals surface area (Å²) in [4.78, 5) is 0. The van der Waals surface area contributed by atoms with Gasteiger partial charge in [-0.3, -0.25) is 4.57 Å². The topological polar surface area (TPSA) is 53.1 Å². The quantitative estimate of drug-likeness (QED) is 0.597. The van der Waals surface area contributed by atoms with E-state index in [0.29, 0.717) is 5.75 Å². The number of hydrogen-bond donors (Lipinski definition) is 0. The molecule has 7 heteroatoms. The first-order valence-electron chi connectivity index (χ1n) is 8.67. The van der Waals surface area contributed by atoms with Gasteiger partial charge in [-0.05, 0) is 43.5 Å². The minimum absolute atomic E-state index is 0.183. The van der Waals surface area contributed by atoms with Crippen LogP contribution in [0, 0.1) is 12.7 Å². The summed E-state index contributed by atoms with van der Waals surface area (Å²) in [6.07, 6.45) is 3.98. The third-order valence-corrected chi connectivity index (χ3v) is 5.55. The molecule has 4 rings (SSSR count). The van der Waals surface area contributed by atoms with Crippen LogP contribution in [-0.4, -0.2) is 27.5 Å². The van der Waals surface area contributed by atoms with Crippen molar-refractivity contribution in [1.82, 2.24) is 14.8 Å². The lowest BCUT2D eigenvalue weighted by Gasteiger charge is -2.14. The Morgan fingerprint density at radius 1 is 1.23 bits per heavy atom. The highest BCUT2D eigenvalue weighted by Gasteiger charge is 2.23. The summed E-state index contributed by atoms with van der Waals surface area (Å²) in [7, 11) is 0. The van der Waals surface area contributed by atoms with Crippen LogP contribution in [0.15, 0.2) is 46.2 Å². The largest absolute Gasteiger partial charge is 0.469 e. The van der Waals surface area contributed by atoms with E-state index in [-0.39, 0.29) is 11.9 Å². The van der Waals surface area contributed by atoms with Crippen molar-refractivity contribution in [1.29, 1.82) is 0 Å². The van der Waals surface area contributed by atoms with Crippen molar-refractivity contribution in [2.75, 3.05) is 6.61 Å². The summed E-state index contributed by atoms with van der Waals surface area (Å²) in [6, 6.07) is 8.47. The molecule has 0 N–H and O–H groups in total. The molecule has 1 atom stereocenters. The minimum atomic E-state index is -0.224. The van der Waals surface area contributed by atoms with Crippen molar-refractivity contribution in [3.8, 4) is 11.4 Å². The van der Waals surface area contributed by atoms with E-state index in [0.717, 1.165) is 53.9 Å². The zero-order chi connectivity index (χ0) is 17.9. The SMILES string of the molecule is Cc1occc1-c1nnc(SCc2ccc(F)cc2)n1CC1CCCO1. The standard InChI is InChI=1S/C19H20FN3O2S/c1-13-17(8-10-24-13)18-21-22-19(23(18)11-16-3-2-9-25-16)26-12-14-4-6-15(20)7-5-14/h4-8,10,16H,2-3,9,11-12H2,1H3. The fraction of sp³-hybridized carbons (Fsp3) is 0.368. The first-order valence-corrected chi connectivity index (χ1v) is 9.66. The molecule has 1 aliphatic heterocycles. The molecule has 0 aliphatic carbocycles. The molecule has 5 nitrogen and oxygen atoms in total. The maximum absolute atomic E-state index is 13.1. The van der Waals surface area contributed by atoms with Crippen molar-refractivity contribution < 1.29 is 13.5 Å². The smallest absolute Gasteiger partial charge is 0.191 e. The second kappa shape index (κ2) is 7.63. The lowest BCUT2D eigenvalue weighted by atomic mass is 10.2. The summed E-state index contributed by atoms with van der Waals surface area (Å²) >= 11 is 1.59. The number of halogens is 1. The molecular weight excluding hydrogens is 353 g/mol. The summed E-state index contributed by atoms with van der Waals surface area (Å²) in [5.41, 5.74) is 1.99. The van der Waals surface area contributed by atoms with E-state index in [1.807, 2.05) is 13.0 Å². The summed E-state index contributed by atoms with van der Waals surface area (Å²) < 4.78 is 26.4. The van der Waals surface area contributed by atoms with Crippen molar-refractivity contribution in [3.63, 3.8) is 0 Å². The van der Waals surface area contributed by atoms with Gasteiger partial charge in [-0.25, -0.2) is 4.39 Å². The molecule has 0 radical (unpaired) electrons. The average molecular weight is 373 g/mol. The van der Waals surface area contributed by atoms with Crippen LogP contribution in [0.5, 0.6) is 0 Å². The number of benzene rings is 1. The van der Waals surface area contributed by atoms with Gasteiger partial charge in [-0.15, -0.1) is 10.2 Å². The maximum atomic E-state index is 13.1. The molecule has 0 saturated carbocycles. The molecule has 3 aromatic rings. The molecular formula is C19H20FN3O2S. The third kappa shape index (κ3) is 3.68. The average Bonchev–Trinajstić information content (AvgIpc) is 3.37. The Kier molecular flexibility index (Phi) is 5.08. The second-order valence-electron chi connectivity index (χ2n) is 6.36. The normalized spacial score (nSPS) is 17.1. The third-order valence-electron chi connectivity index (χ3n) is 4.51. The molecule has 26 heavy (non-hydrogen) atoms. The van der Waals surface area contributed by atoms with Gasteiger partial charge in [0.1, 0.15) is 11.6 Å². The molecule has 0 spiro atoms. The number of ether oxygens (including phenoxy) is 1. The van der Waals surface area contributed by atoms with Crippen molar-refractivity contribution in [3.05, 3.63) is 53.7 Å². The summed E-state index contributed by atoms with van der Waals surface area (Å²) in [5.74, 6) is 2.10. The zero-order valence-electron chi connectivity index (χ0n) is 14.5. The van der Waals surface area contributed by atoms with Crippen molar-refractivity contribution in [2.24, 2.45) is 0 Å². The van der Waals surface area contributed by atoms with Gasteiger partial charge in [-0.1, -0.05) is 23.9 Å². The summed E-state index contributed by atoms with van der Waals surface area (Å²) in [6.45, 7) is 3.45. The van der Waals surface area contributed by atoms with Crippen LogP contribution in [0.4, 0.5) is 4.39 Å². The van der Waals surface area contributed by atoms with E-state index in [1.54, 1.807) is 30.2 Å². The fourth-order valence-corrected chi connectivity index (χ4v) is 4.00. The van der Waals surface area contributed by atoms with E-state index in [1.165, 1.54) is 12.1 Å². The highest BCUT2D eigenvalue weighted by atomic mass is 32.2. The van der Waals surface area contributed by atoms with Crippen LogP contribution in [0.2, 0.25) is 0 Å². The van der Waals surface area contributed by atoms with Gasteiger partial charge in [0.2, 0.25) is 0 Å². The van der Waals surface area contributed by atoms with Gasteiger partial charge in [-0.2, -0.15) is 0 Å². The fourth-order valence-electron chi connectivity index (χ4n) is 3.10.